The summed E-state index contributed by atoms with van der Waals surface area (Å²) in [7, 11) is 0. The van der Waals surface area contributed by atoms with Crippen molar-refractivity contribution < 1.29 is 9.94 Å². The molecule has 1 N–H and O–H groups in total. The van der Waals surface area contributed by atoms with Gasteiger partial charge in [0.2, 0.25) is 0 Å². The lowest BCUT2D eigenvalue weighted by molar-refractivity contribution is 0.135. The summed E-state index contributed by atoms with van der Waals surface area (Å²) in [5.41, 5.74) is 0.568. The lowest BCUT2D eigenvalue weighted by Gasteiger charge is -1.99. The lowest BCUT2D eigenvalue weighted by atomic mass is 10.2. The van der Waals surface area contributed by atoms with E-state index in [4.69, 9.17) is 16.4 Å². The number of phenolic OH excluding ortho intramolecular Hbond substituents is 1. The van der Waals surface area contributed by atoms with Crippen molar-refractivity contribution in [1.29, 1.82) is 0 Å². The summed E-state index contributed by atoms with van der Waals surface area (Å²) in [4.78, 5) is 5.07. The zero-order valence-electron chi connectivity index (χ0n) is 8.19. The molecule has 1 saturated carbocycles. The van der Waals surface area contributed by atoms with Crippen LogP contribution in [0.4, 0.5) is 0 Å². The summed E-state index contributed by atoms with van der Waals surface area (Å²) in [5, 5.41) is 13.8. The lowest BCUT2D eigenvalue weighted by Crippen LogP contribution is -1.90. The van der Waals surface area contributed by atoms with E-state index in [9.17, 15) is 5.11 Å². The van der Waals surface area contributed by atoms with Crippen molar-refractivity contribution in [3.05, 3.63) is 28.8 Å². The third kappa shape index (κ3) is 3.13. The van der Waals surface area contributed by atoms with Crippen molar-refractivity contribution in [3.63, 3.8) is 0 Å². The molecule has 1 aliphatic carbocycles. The molecule has 0 heterocycles. The fourth-order valence-electron chi connectivity index (χ4n) is 1.16. The summed E-state index contributed by atoms with van der Waals surface area (Å²) < 4.78 is 0. The molecule has 3 nitrogen and oxygen atoms in total. The van der Waals surface area contributed by atoms with E-state index in [0.717, 1.165) is 0 Å². The van der Waals surface area contributed by atoms with Crippen LogP contribution in [0, 0.1) is 5.92 Å². The Morgan fingerprint density at radius 3 is 3.07 bits per heavy atom. The first-order chi connectivity index (χ1) is 7.25. The largest absolute Gasteiger partial charge is 0.507 e. The normalized spacial score (nSPS) is 15.8. The van der Waals surface area contributed by atoms with Crippen LogP contribution in [0.3, 0.4) is 0 Å². The first-order valence-corrected chi connectivity index (χ1v) is 5.27. The maximum atomic E-state index is 9.45. The molecule has 0 unspecified atom stereocenters. The van der Waals surface area contributed by atoms with Gasteiger partial charge in [-0.05, 0) is 37.0 Å². The number of halogens is 1. The van der Waals surface area contributed by atoms with Gasteiger partial charge >= 0.3 is 0 Å². The van der Waals surface area contributed by atoms with Crippen LogP contribution in [0.5, 0.6) is 5.75 Å². The zero-order chi connectivity index (χ0) is 10.7. The second kappa shape index (κ2) is 4.53. The van der Waals surface area contributed by atoms with E-state index in [1.165, 1.54) is 25.1 Å². The summed E-state index contributed by atoms with van der Waals surface area (Å²) in [6.07, 6.45) is 3.94. The first kappa shape index (κ1) is 10.3. The van der Waals surface area contributed by atoms with Crippen LogP contribution in [-0.2, 0) is 4.84 Å². The van der Waals surface area contributed by atoms with Gasteiger partial charge in [0.25, 0.3) is 0 Å². The minimum Gasteiger partial charge on any atom is -0.507 e. The third-order valence-corrected chi connectivity index (χ3v) is 2.50. The van der Waals surface area contributed by atoms with Crippen LogP contribution < -0.4 is 0 Å². The van der Waals surface area contributed by atoms with Crippen LogP contribution in [0.25, 0.3) is 0 Å². The molecule has 15 heavy (non-hydrogen) atoms. The van der Waals surface area contributed by atoms with Gasteiger partial charge in [0.05, 0.1) is 6.21 Å². The highest BCUT2D eigenvalue weighted by molar-refractivity contribution is 6.30. The van der Waals surface area contributed by atoms with Crippen LogP contribution >= 0.6 is 11.6 Å². The topological polar surface area (TPSA) is 41.8 Å². The molecule has 1 fully saturated rings. The quantitative estimate of drug-likeness (QED) is 0.633. The van der Waals surface area contributed by atoms with Crippen molar-refractivity contribution in [3.8, 4) is 5.75 Å². The Morgan fingerprint density at radius 1 is 1.53 bits per heavy atom. The van der Waals surface area contributed by atoms with E-state index in [2.05, 4.69) is 5.16 Å². The number of benzene rings is 1. The Morgan fingerprint density at radius 2 is 2.33 bits per heavy atom. The average molecular weight is 226 g/mol. The van der Waals surface area contributed by atoms with Gasteiger partial charge in [0, 0.05) is 10.6 Å². The molecular weight excluding hydrogens is 214 g/mol. The minimum absolute atomic E-state index is 0.151. The van der Waals surface area contributed by atoms with Crippen LogP contribution in [0.15, 0.2) is 23.4 Å². The van der Waals surface area contributed by atoms with Crippen molar-refractivity contribution in [2.45, 2.75) is 12.8 Å². The molecule has 0 aliphatic heterocycles. The van der Waals surface area contributed by atoms with Gasteiger partial charge < -0.3 is 9.94 Å². The fourth-order valence-corrected chi connectivity index (χ4v) is 1.34. The number of rotatable bonds is 4. The first-order valence-electron chi connectivity index (χ1n) is 4.89. The summed E-state index contributed by atoms with van der Waals surface area (Å²) in [6.45, 7) is 0.665. The number of nitrogens with zero attached hydrogens (tertiary/aromatic N) is 1. The predicted molar refractivity (Wildman–Crippen MR) is 59.4 cm³/mol. The summed E-state index contributed by atoms with van der Waals surface area (Å²) in [5.74, 6) is 0.827. The van der Waals surface area contributed by atoms with E-state index in [1.807, 2.05) is 0 Å². The molecule has 0 aromatic heterocycles. The van der Waals surface area contributed by atoms with Crippen molar-refractivity contribution in [2.24, 2.45) is 11.1 Å². The maximum Gasteiger partial charge on any atom is 0.124 e. The highest BCUT2D eigenvalue weighted by Crippen LogP contribution is 2.28. The zero-order valence-corrected chi connectivity index (χ0v) is 8.94. The SMILES string of the molecule is Oc1ccc(Cl)cc1/C=N/OCC1CC1. The number of hydrogen-bond donors (Lipinski definition) is 1. The van der Waals surface area contributed by atoms with E-state index in [0.29, 0.717) is 23.1 Å². The fraction of sp³-hybridized carbons (Fsp3) is 0.364. The average Bonchev–Trinajstić information content (AvgIpc) is 3.01. The predicted octanol–water partition coefficient (Wildman–Crippen LogP) is 2.81. The smallest absolute Gasteiger partial charge is 0.124 e. The van der Waals surface area contributed by atoms with Gasteiger partial charge in [-0.1, -0.05) is 16.8 Å². The molecule has 0 radical (unpaired) electrons. The van der Waals surface area contributed by atoms with Crippen molar-refractivity contribution in [2.75, 3.05) is 6.61 Å². The van der Waals surface area contributed by atoms with Gasteiger partial charge in [-0.2, -0.15) is 0 Å². The number of oxime groups is 1. The van der Waals surface area contributed by atoms with E-state index in [1.54, 1.807) is 12.1 Å². The molecule has 0 spiro atoms. The number of hydrogen-bond acceptors (Lipinski definition) is 3. The Hall–Kier alpha value is -1.22. The van der Waals surface area contributed by atoms with E-state index < -0.39 is 0 Å². The molecule has 0 amide bonds. The second-order valence-electron chi connectivity index (χ2n) is 3.68. The molecule has 1 aliphatic rings. The van der Waals surface area contributed by atoms with Gasteiger partial charge in [0.15, 0.2) is 0 Å². The minimum atomic E-state index is 0.151. The molecule has 2 rings (SSSR count). The monoisotopic (exact) mass is 225 g/mol. The Labute approximate surface area is 93.3 Å². The molecule has 4 heteroatoms. The van der Waals surface area contributed by atoms with Gasteiger partial charge in [-0.15, -0.1) is 0 Å². The number of phenols is 1. The molecule has 0 saturated heterocycles. The van der Waals surface area contributed by atoms with Crippen molar-refractivity contribution in [1.82, 2.24) is 0 Å². The molecule has 1 aromatic rings. The van der Waals surface area contributed by atoms with Gasteiger partial charge in [-0.25, -0.2) is 0 Å². The highest BCUT2D eigenvalue weighted by atomic mass is 35.5. The van der Waals surface area contributed by atoms with E-state index in [-0.39, 0.29) is 5.75 Å². The third-order valence-electron chi connectivity index (χ3n) is 2.26. The molecule has 80 valence electrons. The highest BCUT2D eigenvalue weighted by Gasteiger charge is 2.21. The summed E-state index contributed by atoms with van der Waals surface area (Å²) in [6, 6.07) is 4.80. The number of aromatic hydroxyl groups is 1. The molecule has 0 atom stereocenters. The molecular formula is C11H12ClNO2. The Kier molecular flexibility index (Phi) is 3.11. The second-order valence-corrected chi connectivity index (χ2v) is 4.11. The molecule has 0 bridgehead atoms. The van der Waals surface area contributed by atoms with Gasteiger partial charge in [0.1, 0.15) is 12.4 Å². The summed E-state index contributed by atoms with van der Waals surface area (Å²) >= 11 is 5.78. The standard InChI is InChI=1S/C11H12ClNO2/c12-10-3-4-11(14)9(5-10)6-13-15-7-8-1-2-8/h3-6,8,14H,1-2,7H2/b13-6+. The van der Waals surface area contributed by atoms with E-state index >= 15 is 0 Å². The van der Waals surface area contributed by atoms with Crippen LogP contribution in [0.1, 0.15) is 18.4 Å². The maximum absolute atomic E-state index is 9.45. The van der Waals surface area contributed by atoms with Gasteiger partial charge in [-0.3, -0.25) is 0 Å². The van der Waals surface area contributed by atoms with Crippen LogP contribution in [0.2, 0.25) is 5.02 Å². The van der Waals surface area contributed by atoms with Crippen molar-refractivity contribution >= 4 is 17.8 Å². The van der Waals surface area contributed by atoms with Crippen LogP contribution in [-0.4, -0.2) is 17.9 Å². The Balaban J connectivity index is 1.92. The molecule has 1 aromatic carbocycles. The Bertz CT molecular complexity index is 375.